The number of nitrogens with zero attached hydrogens (tertiary/aromatic N) is 2. The number of fused-ring (bicyclic) bond motifs is 1. The Balaban J connectivity index is 2.27. The highest BCUT2D eigenvalue weighted by molar-refractivity contribution is 5.75. The number of nitrogens with two attached hydrogens (primary N) is 1. The van der Waals surface area contributed by atoms with Crippen LogP contribution in [0.5, 0.6) is 0 Å². The predicted octanol–water partition coefficient (Wildman–Crippen LogP) is 1.09. The smallest absolute Gasteiger partial charge is 0.111 e. The fraction of sp³-hybridized carbons (Fsp3) is 0.417. The third-order valence-electron chi connectivity index (χ3n) is 2.71. The Hall–Kier alpha value is -1.39. The summed E-state index contributed by atoms with van der Waals surface area (Å²) >= 11 is 0. The van der Waals surface area contributed by atoms with E-state index in [1.54, 1.807) is 7.11 Å². The van der Waals surface area contributed by atoms with Crippen molar-refractivity contribution in [2.45, 2.75) is 12.5 Å². The van der Waals surface area contributed by atoms with E-state index in [4.69, 9.17) is 10.5 Å². The average molecular weight is 219 g/mol. The molecular formula is C12H17N3O. The number of aromatic nitrogens is 2. The van der Waals surface area contributed by atoms with Crippen molar-refractivity contribution in [2.75, 3.05) is 13.7 Å². The monoisotopic (exact) mass is 219 g/mol. The standard InChI is InChI=1S/C12H17N3O/c1-15-11-6-4-3-5-10(11)14-12(15)7-9(13)8-16-2/h3-6,9H,7-8,13H2,1-2H3. The topological polar surface area (TPSA) is 53.1 Å². The lowest BCUT2D eigenvalue weighted by atomic mass is 10.2. The largest absolute Gasteiger partial charge is 0.383 e. The number of ether oxygens (including phenoxy) is 1. The quantitative estimate of drug-likeness (QED) is 0.837. The maximum absolute atomic E-state index is 5.93. The van der Waals surface area contributed by atoms with Crippen molar-refractivity contribution >= 4 is 11.0 Å². The van der Waals surface area contributed by atoms with E-state index in [1.165, 1.54) is 0 Å². The molecule has 2 rings (SSSR count). The number of methoxy groups -OCH3 is 1. The maximum Gasteiger partial charge on any atom is 0.111 e. The van der Waals surface area contributed by atoms with Gasteiger partial charge in [-0.2, -0.15) is 0 Å². The van der Waals surface area contributed by atoms with Crippen molar-refractivity contribution < 1.29 is 4.74 Å². The van der Waals surface area contributed by atoms with Crippen molar-refractivity contribution in [1.29, 1.82) is 0 Å². The van der Waals surface area contributed by atoms with Gasteiger partial charge in [-0.3, -0.25) is 0 Å². The van der Waals surface area contributed by atoms with E-state index in [-0.39, 0.29) is 6.04 Å². The zero-order valence-electron chi connectivity index (χ0n) is 9.68. The Labute approximate surface area is 95.0 Å². The first-order valence-electron chi connectivity index (χ1n) is 5.37. The summed E-state index contributed by atoms with van der Waals surface area (Å²) in [5.41, 5.74) is 8.09. The van der Waals surface area contributed by atoms with Crippen LogP contribution in [-0.2, 0) is 18.2 Å². The molecule has 0 amide bonds. The van der Waals surface area contributed by atoms with Gasteiger partial charge in [0.2, 0.25) is 0 Å². The summed E-state index contributed by atoms with van der Waals surface area (Å²) < 4.78 is 7.12. The zero-order chi connectivity index (χ0) is 11.5. The summed E-state index contributed by atoms with van der Waals surface area (Å²) in [6.45, 7) is 0.559. The molecule has 0 aliphatic carbocycles. The third-order valence-corrected chi connectivity index (χ3v) is 2.71. The number of hydrogen-bond acceptors (Lipinski definition) is 3. The Morgan fingerprint density at radius 2 is 2.19 bits per heavy atom. The van der Waals surface area contributed by atoms with Gasteiger partial charge in [-0.25, -0.2) is 4.98 Å². The lowest BCUT2D eigenvalue weighted by Crippen LogP contribution is -2.29. The summed E-state index contributed by atoms with van der Waals surface area (Å²) in [4.78, 5) is 4.56. The van der Waals surface area contributed by atoms with E-state index < -0.39 is 0 Å². The molecule has 4 heteroatoms. The number of rotatable bonds is 4. The van der Waals surface area contributed by atoms with Crippen LogP contribution in [0.2, 0.25) is 0 Å². The van der Waals surface area contributed by atoms with Gasteiger partial charge in [0.15, 0.2) is 0 Å². The zero-order valence-corrected chi connectivity index (χ0v) is 9.68. The highest BCUT2D eigenvalue weighted by Gasteiger charge is 2.10. The van der Waals surface area contributed by atoms with Crippen LogP contribution in [0.25, 0.3) is 11.0 Å². The lowest BCUT2D eigenvalue weighted by molar-refractivity contribution is 0.179. The molecule has 0 aliphatic heterocycles. The number of benzene rings is 1. The van der Waals surface area contributed by atoms with E-state index in [2.05, 4.69) is 15.6 Å². The van der Waals surface area contributed by atoms with Gasteiger partial charge < -0.3 is 15.0 Å². The lowest BCUT2D eigenvalue weighted by Gasteiger charge is -2.09. The Morgan fingerprint density at radius 1 is 1.44 bits per heavy atom. The van der Waals surface area contributed by atoms with E-state index in [0.29, 0.717) is 6.61 Å². The summed E-state index contributed by atoms with van der Waals surface area (Å²) in [5.74, 6) is 1.01. The molecule has 1 unspecified atom stereocenters. The van der Waals surface area contributed by atoms with Crippen LogP contribution in [0.1, 0.15) is 5.82 Å². The number of hydrogen-bond donors (Lipinski definition) is 1. The molecule has 0 saturated carbocycles. The molecule has 2 aromatic rings. The minimum Gasteiger partial charge on any atom is -0.383 e. The first-order valence-corrected chi connectivity index (χ1v) is 5.37. The molecule has 1 aromatic carbocycles. The molecular weight excluding hydrogens is 202 g/mol. The average Bonchev–Trinajstić information content (AvgIpc) is 2.57. The second-order valence-electron chi connectivity index (χ2n) is 4.00. The fourth-order valence-electron chi connectivity index (χ4n) is 1.89. The summed E-state index contributed by atoms with van der Waals surface area (Å²) in [6, 6.07) is 8.09. The molecule has 0 radical (unpaired) electrons. The van der Waals surface area contributed by atoms with Crippen LogP contribution in [-0.4, -0.2) is 29.3 Å². The number of imidazole rings is 1. The highest BCUT2D eigenvalue weighted by atomic mass is 16.5. The van der Waals surface area contributed by atoms with E-state index in [1.807, 2.05) is 25.2 Å². The van der Waals surface area contributed by atoms with E-state index in [0.717, 1.165) is 23.3 Å². The molecule has 0 fully saturated rings. The SMILES string of the molecule is COCC(N)Cc1nc2ccccc2n1C. The summed E-state index contributed by atoms with van der Waals surface area (Å²) in [7, 11) is 3.68. The van der Waals surface area contributed by atoms with Gasteiger partial charge in [0.05, 0.1) is 17.6 Å². The second-order valence-corrected chi connectivity index (χ2v) is 4.00. The van der Waals surface area contributed by atoms with E-state index >= 15 is 0 Å². The number of aryl methyl sites for hydroxylation is 1. The van der Waals surface area contributed by atoms with Crippen LogP contribution >= 0.6 is 0 Å². The molecule has 2 N–H and O–H groups in total. The van der Waals surface area contributed by atoms with Crippen molar-refractivity contribution in [3.05, 3.63) is 30.1 Å². The third kappa shape index (κ3) is 2.08. The fourth-order valence-corrected chi connectivity index (χ4v) is 1.89. The Kier molecular flexibility index (Phi) is 3.22. The molecule has 16 heavy (non-hydrogen) atoms. The molecule has 86 valence electrons. The van der Waals surface area contributed by atoms with Gasteiger partial charge in [0.1, 0.15) is 5.82 Å². The van der Waals surface area contributed by atoms with Crippen LogP contribution < -0.4 is 5.73 Å². The first kappa shape index (κ1) is 11.1. The van der Waals surface area contributed by atoms with Crippen LogP contribution in [0.3, 0.4) is 0 Å². The van der Waals surface area contributed by atoms with Crippen molar-refractivity contribution in [3.63, 3.8) is 0 Å². The molecule has 0 saturated heterocycles. The minimum atomic E-state index is 0.000474. The predicted molar refractivity (Wildman–Crippen MR) is 64.3 cm³/mol. The van der Waals surface area contributed by atoms with Crippen molar-refractivity contribution in [1.82, 2.24) is 9.55 Å². The molecule has 0 bridgehead atoms. The van der Waals surface area contributed by atoms with Crippen molar-refractivity contribution in [2.24, 2.45) is 12.8 Å². The number of para-hydroxylation sites is 2. The van der Waals surface area contributed by atoms with Gasteiger partial charge in [0, 0.05) is 26.6 Å². The highest BCUT2D eigenvalue weighted by Crippen LogP contribution is 2.14. The van der Waals surface area contributed by atoms with Gasteiger partial charge in [-0.05, 0) is 12.1 Å². The summed E-state index contributed by atoms with van der Waals surface area (Å²) in [6.07, 6.45) is 0.735. The van der Waals surface area contributed by atoms with Gasteiger partial charge in [-0.15, -0.1) is 0 Å². The normalized spacial score (nSPS) is 13.2. The Bertz CT molecular complexity index is 478. The van der Waals surface area contributed by atoms with Gasteiger partial charge in [0.25, 0.3) is 0 Å². The molecule has 1 atom stereocenters. The van der Waals surface area contributed by atoms with E-state index in [9.17, 15) is 0 Å². The second kappa shape index (κ2) is 4.63. The van der Waals surface area contributed by atoms with Gasteiger partial charge in [-0.1, -0.05) is 12.1 Å². The van der Waals surface area contributed by atoms with Crippen LogP contribution in [0.4, 0.5) is 0 Å². The van der Waals surface area contributed by atoms with Gasteiger partial charge >= 0.3 is 0 Å². The van der Waals surface area contributed by atoms with Crippen molar-refractivity contribution in [3.8, 4) is 0 Å². The molecule has 0 spiro atoms. The molecule has 4 nitrogen and oxygen atoms in total. The van der Waals surface area contributed by atoms with Crippen LogP contribution in [0.15, 0.2) is 24.3 Å². The molecule has 1 heterocycles. The van der Waals surface area contributed by atoms with Crippen LogP contribution in [0, 0.1) is 0 Å². The first-order chi connectivity index (χ1) is 7.72. The Morgan fingerprint density at radius 3 is 2.88 bits per heavy atom. The maximum atomic E-state index is 5.93. The minimum absolute atomic E-state index is 0.000474. The summed E-state index contributed by atoms with van der Waals surface area (Å²) in [5, 5.41) is 0. The molecule has 1 aromatic heterocycles. The molecule has 0 aliphatic rings.